The van der Waals surface area contributed by atoms with Crippen LogP contribution < -0.4 is 4.72 Å². The minimum absolute atomic E-state index is 0.0708. The predicted octanol–water partition coefficient (Wildman–Crippen LogP) is 3.76. The maximum atomic E-state index is 12.3. The van der Waals surface area contributed by atoms with E-state index in [1.54, 1.807) is 30.5 Å². The fourth-order valence-corrected chi connectivity index (χ4v) is 3.62. The van der Waals surface area contributed by atoms with Gasteiger partial charge in [-0.1, -0.05) is 54.1 Å². The molecule has 1 aromatic heterocycles. The van der Waals surface area contributed by atoms with E-state index in [-0.39, 0.29) is 5.75 Å². The second kappa shape index (κ2) is 5.42. The van der Waals surface area contributed by atoms with E-state index >= 15 is 0 Å². The van der Waals surface area contributed by atoms with Crippen LogP contribution in [0.5, 0.6) is 0 Å². The molecule has 2 N–H and O–H groups in total. The summed E-state index contributed by atoms with van der Waals surface area (Å²) in [5, 5.41) is 1.35. The van der Waals surface area contributed by atoms with Crippen molar-refractivity contribution in [1.29, 1.82) is 0 Å². The van der Waals surface area contributed by atoms with Crippen LogP contribution in [-0.4, -0.2) is 13.4 Å². The molecule has 2 aromatic carbocycles. The number of benzene rings is 2. The molecule has 6 heteroatoms. The first kappa shape index (κ1) is 14.0. The SMILES string of the molecule is O=S(=O)(Cc1ccccc1)Nc1cccc2c(Cl)c[nH]c12. The molecule has 3 rings (SSSR count). The molecule has 0 aliphatic heterocycles. The monoisotopic (exact) mass is 320 g/mol. The Labute approximate surface area is 127 Å². The number of rotatable bonds is 4. The van der Waals surface area contributed by atoms with Crippen LogP contribution >= 0.6 is 11.6 Å². The molecular formula is C15H13ClN2O2S. The van der Waals surface area contributed by atoms with E-state index in [1.807, 2.05) is 24.3 Å². The van der Waals surface area contributed by atoms with Crippen molar-refractivity contribution >= 4 is 38.2 Å². The Morgan fingerprint density at radius 1 is 1.05 bits per heavy atom. The van der Waals surface area contributed by atoms with E-state index in [9.17, 15) is 8.42 Å². The average Bonchev–Trinajstić information content (AvgIpc) is 2.82. The lowest BCUT2D eigenvalue weighted by Crippen LogP contribution is -2.15. The molecule has 0 saturated carbocycles. The van der Waals surface area contributed by atoms with Gasteiger partial charge in [0.15, 0.2) is 0 Å². The van der Waals surface area contributed by atoms with Crippen molar-refractivity contribution in [2.24, 2.45) is 0 Å². The number of hydrogen-bond donors (Lipinski definition) is 2. The predicted molar refractivity (Wildman–Crippen MR) is 86.0 cm³/mol. The van der Waals surface area contributed by atoms with Crippen LogP contribution in [0.1, 0.15) is 5.56 Å². The Bertz CT molecular complexity index is 873. The van der Waals surface area contributed by atoms with Crippen LogP contribution in [0.2, 0.25) is 5.02 Å². The normalized spacial score (nSPS) is 11.7. The van der Waals surface area contributed by atoms with E-state index in [1.165, 1.54) is 0 Å². The fourth-order valence-electron chi connectivity index (χ4n) is 2.20. The molecule has 1 heterocycles. The van der Waals surface area contributed by atoms with Gasteiger partial charge in [-0.15, -0.1) is 0 Å². The molecule has 4 nitrogen and oxygen atoms in total. The largest absolute Gasteiger partial charge is 0.358 e. The van der Waals surface area contributed by atoms with Gasteiger partial charge >= 0.3 is 0 Å². The molecule has 108 valence electrons. The summed E-state index contributed by atoms with van der Waals surface area (Å²) in [5.74, 6) is -0.0708. The number of hydrogen-bond acceptors (Lipinski definition) is 2. The van der Waals surface area contributed by atoms with Crippen molar-refractivity contribution in [3.05, 3.63) is 65.3 Å². The van der Waals surface area contributed by atoms with Crippen LogP contribution in [0, 0.1) is 0 Å². The third kappa shape index (κ3) is 3.04. The Hall–Kier alpha value is -1.98. The number of aromatic nitrogens is 1. The molecule has 0 amide bonds. The van der Waals surface area contributed by atoms with Crippen molar-refractivity contribution < 1.29 is 8.42 Å². The van der Waals surface area contributed by atoms with E-state index in [2.05, 4.69) is 9.71 Å². The second-order valence-corrected chi connectivity index (χ2v) is 6.84. The standard InChI is InChI=1S/C15H13ClN2O2S/c16-13-9-17-15-12(13)7-4-8-14(15)18-21(19,20)10-11-5-2-1-3-6-11/h1-9,17-18H,10H2. The highest BCUT2D eigenvalue weighted by Crippen LogP contribution is 2.29. The first-order valence-electron chi connectivity index (χ1n) is 6.35. The van der Waals surface area contributed by atoms with E-state index < -0.39 is 10.0 Å². The lowest BCUT2D eigenvalue weighted by atomic mass is 10.2. The molecule has 0 bridgehead atoms. The summed E-state index contributed by atoms with van der Waals surface area (Å²) in [5.41, 5.74) is 1.91. The maximum absolute atomic E-state index is 12.3. The van der Waals surface area contributed by atoms with Crippen LogP contribution in [0.3, 0.4) is 0 Å². The van der Waals surface area contributed by atoms with Gasteiger partial charge in [0.2, 0.25) is 10.0 Å². The van der Waals surface area contributed by atoms with Crippen molar-refractivity contribution in [1.82, 2.24) is 4.98 Å². The zero-order valence-electron chi connectivity index (χ0n) is 11.0. The topological polar surface area (TPSA) is 62.0 Å². The van der Waals surface area contributed by atoms with Gasteiger partial charge in [-0.2, -0.15) is 0 Å². The number of H-pyrrole nitrogens is 1. The van der Waals surface area contributed by atoms with Gasteiger partial charge in [-0.25, -0.2) is 8.42 Å². The third-order valence-corrected chi connectivity index (χ3v) is 4.69. The molecule has 0 fully saturated rings. The van der Waals surface area contributed by atoms with Crippen molar-refractivity contribution in [2.75, 3.05) is 4.72 Å². The van der Waals surface area contributed by atoms with E-state index in [4.69, 9.17) is 11.6 Å². The molecule has 0 unspecified atom stereocenters. The lowest BCUT2D eigenvalue weighted by molar-refractivity contribution is 0.600. The van der Waals surface area contributed by atoms with Gasteiger partial charge in [0.25, 0.3) is 0 Å². The summed E-state index contributed by atoms with van der Waals surface area (Å²) < 4.78 is 27.1. The first-order valence-corrected chi connectivity index (χ1v) is 8.38. The van der Waals surface area contributed by atoms with Gasteiger partial charge in [0, 0.05) is 11.6 Å². The highest BCUT2D eigenvalue weighted by molar-refractivity contribution is 7.91. The highest BCUT2D eigenvalue weighted by Gasteiger charge is 2.14. The van der Waals surface area contributed by atoms with Crippen molar-refractivity contribution in [3.63, 3.8) is 0 Å². The molecule has 3 aromatic rings. The van der Waals surface area contributed by atoms with Gasteiger partial charge in [0.1, 0.15) is 0 Å². The summed E-state index contributed by atoms with van der Waals surface area (Å²) in [4.78, 5) is 2.98. The van der Waals surface area contributed by atoms with Crippen LogP contribution in [0.15, 0.2) is 54.7 Å². The minimum Gasteiger partial charge on any atom is -0.358 e. The Balaban J connectivity index is 1.91. The number of fused-ring (bicyclic) bond motifs is 1. The summed E-state index contributed by atoms with van der Waals surface area (Å²) in [6.45, 7) is 0. The summed E-state index contributed by atoms with van der Waals surface area (Å²) in [6, 6.07) is 14.4. The fraction of sp³-hybridized carbons (Fsp3) is 0.0667. The van der Waals surface area contributed by atoms with Crippen molar-refractivity contribution in [2.45, 2.75) is 5.75 Å². The Morgan fingerprint density at radius 3 is 2.57 bits per heavy atom. The van der Waals surface area contributed by atoms with Gasteiger partial charge < -0.3 is 4.98 Å². The third-order valence-electron chi connectivity index (χ3n) is 3.13. The van der Waals surface area contributed by atoms with E-state index in [0.29, 0.717) is 16.2 Å². The molecular weight excluding hydrogens is 308 g/mol. The van der Waals surface area contributed by atoms with Crippen LogP contribution in [0.4, 0.5) is 5.69 Å². The number of para-hydroxylation sites is 1. The number of halogens is 1. The number of sulfonamides is 1. The van der Waals surface area contributed by atoms with Crippen molar-refractivity contribution in [3.8, 4) is 0 Å². The average molecular weight is 321 g/mol. The highest BCUT2D eigenvalue weighted by atomic mass is 35.5. The number of anilines is 1. The number of aromatic amines is 1. The summed E-state index contributed by atoms with van der Waals surface area (Å²) >= 11 is 6.04. The number of nitrogens with one attached hydrogen (secondary N) is 2. The molecule has 0 aliphatic rings. The molecule has 0 atom stereocenters. The second-order valence-electron chi connectivity index (χ2n) is 4.71. The zero-order valence-corrected chi connectivity index (χ0v) is 12.6. The zero-order chi connectivity index (χ0) is 14.9. The molecule has 0 saturated heterocycles. The lowest BCUT2D eigenvalue weighted by Gasteiger charge is -2.09. The van der Waals surface area contributed by atoms with Gasteiger partial charge in [-0.05, 0) is 11.6 Å². The van der Waals surface area contributed by atoms with Gasteiger partial charge in [0.05, 0.1) is 22.0 Å². The molecule has 0 aliphatic carbocycles. The maximum Gasteiger partial charge on any atom is 0.236 e. The molecule has 21 heavy (non-hydrogen) atoms. The van der Waals surface area contributed by atoms with E-state index in [0.717, 1.165) is 10.9 Å². The minimum atomic E-state index is -3.48. The van der Waals surface area contributed by atoms with Crippen LogP contribution in [0.25, 0.3) is 10.9 Å². The molecule has 0 spiro atoms. The van der Waals surface area contributed by atoms with Gasteiger partial charge in [-0.3, -0.25) is 4.72 Å². The quantitative estimate of drug-likeness (QED) is 0.768. The Morgan fingerprint density at radius 2 is 1.81 bits per heavy atom. The molecule has 0 radical (unpaired) electrons. The van der Waals surface area contributed by atoms with Crippen LogP contribution in [-0.2, 0) is 15.8 Å². The smallest absolute Gasteiger partial charge is 0.236 e. The summed E-state index contributed by atoms with van der Waals surface area (Å²) in [7, 11) is -3.48. The first-order chi connectivity index (χ1) is 10.1. The Kier molecular flexibility index (Phi) is 3.61. The summed E-state index contributed by atoms with van der Waals surface area (Å²) in [6.07, 6.45) is 1.64.